The molecule has 2 N–H and O–H groups in total. The van der Waals surface area contributed by atoms with Gasteiger partial charge in [-0.15, -0.1) is 0 Å². The largest absolute Gasteiger partial charge is 0.345 e. The number of likely N-dealkylation sites (N-methyl/N-ethyl adjacent to an activating group) is 1. The van der Waals surface area contributed by atoms with Crippen LogP contribution in [-0.4, -0.2) is 19.5 Å². The monoisotopic (exact) mass is 335 g/mol. The highest BCUT2D eigenvalue weighted by Gasteiger charge is 2.15. The van der Waals surface area contributed by atoms with Gasteiger partial charge in [0.15, 0.2) is 6.54 Å². The molecule has 1 amide bonds. The molecule has 0 bridgehead atoms. The van der Waals surface area contributed by atoms with E-state index in [0.717, 1.165) is 16.0 Å². The summed E-state index contributed by atoms with van der Waals surface area (Å²) in [5.41, 5.74) is 1.90. The highest BCUT2D eigenvalue weighted by Crippen LogP contribution is 2.21. The van der Waals surface area contributed by atoms with Crippen molar-refractivity contribution < 1.29 is 14.1 Å². The van der Waals surface area contributed by atoms with Gasteiger partial charge in [0.2, 0.25) is 0 Å². The summed E-state index contributed by atoms with van der Waals surface area (Å²) in [5.74, 6) is -0.297. The van der Waals surface area contributed by atoms with Gasteiger partial charge in [0.25, 0.3) is 5.91 Å². The van der Waals surface area contributed by atoms with Crippen LogP contribution in [0.2, 0.25) is 5.02 Å². The van der Waals surface area contributed by atoms with E-state index in [4.69, 9.17) is 11.6 Å². The highest BCUT2D eigenvalue weighted by molar-refractivity contribution is 6.31. The third-order valence-electron chi connectivity index (χ3n) is 3.63. The Hall–Kier alpha value is -1.91. The van der Waals surface area contributed by atoms with Gasteiger partial charge < -0.3 is 10.2 Å². The molecule has 0 spiro atoms. The standard InChI is InChI=1S/C18H20ClFN2O/c1-13(16-5-3-4-6-17(16)19)21-18(23)12-22(2)11-14-7-9-15(20)10-8-14/h3-10,13H,11-12H2,1-2H3,(H,21,23)/p+1/t13-/m1/s1. The number of benzene rings is 2. The van der Waals surface area contributed by atoms with Crippen LogP contribution in [0.4, 0.5) is 4.39 Å². The van der Waals surface area contributed by atoms with E-state index >= 15 is 0 Å². The van der Waals surface area contributed by atoms with Crippen molar-refractivity contribution in [3.05, 3.63) is 70.5 Å². The van der Waals surface area contributed by atoms with Crippen LogP contribution >= 0.6 is 11.6 Å². The molecular formula is C18H21ClFN2O+. The molecule has 1 unspecified atom stereocenters. The van der Waals surface area contributed by atoms with Gasteiger partial charge in [-0.1, -0.05) is 41.9 Å². The van der Waals surface area contributed by atoms with Crippen molar-refractivity contribution in [2.24, 2.45) is 0 Å². The molecule has 0 saturated heterocycles. The molecule has 0 fully saturated rings. The summed E-state index contributed by atoms with van der Waals surface area (Å²) in [7, 11) is 1.93. The minimum atomic E-state index is -0.252. The third-order valence-corrected chi connectivity index (χ3v) is 3.97. The van der Waals surface area contributed by atoms with Crippen LogP contribution in [0.15, 0.2) is 48.5 Å². The van der Waals surface area contributed by atoms with Crippen LogP contribution < -0.4 is 10.2 Å². The number of halogens is 2. The zero-order valence-electron chi connectivity index (χ0n) is 13.3. The lowest BCUT2D eigenvalue weighted by molar-refractivity contribution is -0.885. The Balaban J connectivity index is 1.86. The normalized spacial score (nSPS) is 13.4. The summed E-state index contributed by atoms with van der Waals surface area (Å²) in [6, 6.07) is 13.7. The van der Waals surface area contributed by atoms with E-state index in [9.17, 15) is 9.18 Å². The van der Waals surface area contributed by atoms with Crippen molar-refractivity contribution in [1.82, 2.24) is 5.32 Å². The van der Waals surface area contributed by atoms with Gasteiger partial charge in [0.1, 0.15) is 12.4 Å². The van der Waals surface area contributed by atoms with E-state index in [1.807, 2.05) is 38.2 Å². The summed E-state index contributed by atoms with van der Waals surface area (Å²) in [6.45, 7) is 2.91. The first-order valence-corrected chi connectivity index (χ1v) is 7.93. The van der Waals surface area contributed by atoms with E-state index in [-0.39, 0.29) is 17.8 Å². The van der Waals surface area contributed by atoms with Gasteiger partial charge in [-0.2, -0.15) is 0 Å². The van der Waals surface area contributed by atoms with Crippen molar-refractivity contribution in [1.29, 1.82) is 0 Å². The molecule has 122 valence electrons. The highest BCUT2D eigenvalue weighted by atomic mass is 35.5. The first-order valence-electron chi connectivity index (χ1n) is 7.55. The number of hydrogen-bond acceptors (Lipinski definition) is 1. The van der Waals surface area contributed by atoms with Gasteiger partial charge in [-0.25, -0.2) is 4.39 Å². The van der Waals surface area contributed by atoms with E-state index in [0.29, 0.717) is 18.1 Å². The lowest BCUT2D eigenvalue weighted by Crippen LogP contribution is -3.08. The molecule has 2 aromatic rings. The van der Waals surface area contributed by atoms with Gasteiger partial charge in [-0.3, -0.25) is 4.79 Å². The molecule has 23 heavy (non-hydrogen) atoms. The van der Waals surface area contributed by atoms with Gasteiger partial charge in [0.05, 0.1) is 13.1 Å². The predicted molar refractivity (Wildman–Crippen MR) is 89.9 cm³/mol. The Bertz CT molecular complexity index is 660. The van der Waals surface area contributed by atoms with Crippen molar-refractivity contribution in [2.45, 2.75) is 19.5 Å². The minimum Gasteiger partial charge on any atom is -0.345 e. The molecule has 2 atom stereocenters. The van der Waals surface area contributed by atoms with Crippen molar-refractivity contribution in [3.63, 3.8) is 0 Å². The van der Waals surface area contributed by atoms with E-state index in [1.54, 1.807) is 12.1 Å². The molecule has 0 heterocycles. The Morgan fingerprint density at radius 2 is 1.87 bits per heavy atom. The summed E-state index contributed by atoms with van der Waals surface area (Å²) in [5, 5.41) is 3.60. The fourth-order valence-corrected chi connectivity index (χ4v) is 2.78. The summed E-state index contributed by atoms with van der Waals surface area (Å²) in [4.78, 5) is 13.2. The van der Waals surface area contributed by atoms with E-state index in [2.05, 4.69) is 5.32 Å². The molecular weight excluding hydrogens is 315 g/mol. The second-order valence-electron chi connectivity index (χ2n) is 5.75. The number of nitrogens with one attached hydrogen (secondary N) is 2. The van der Waals surface area contributed by atoms with Crippen LogP contribution in [-0.2, 0) is 11.3 Å². The van der Waals surface area contributed by atoms with Crippen LogP contribution in [0.5, 0.6) is 0 Å². The number of rotatable bonds is 6. The molecule has 2 rings (SSSR count). The van der Waals surface area contributed by atoms with Gasteiger partial charge in [-0.05, 0) is 30.7 Å². The maximum Gasteiger partial charge on any atom is 0.275 e. The Kier molecular flexibility index (Phi) is 6.13. The zero-order chi connectivity index (χ0) is 16.8. The molecule has 0 aliphatic heterocycles. The van der Waals surface area contributed by atoms with Crippen LogP contribution in [0.1, 0.15) is 24.1 Å². The summed E-state index contributed by atoms with van der Waals surface area (Å²) in [6.07, 6.45) is 0. The Morgan fingerprint density at radius 3 is 2.52 bits per heavy atom. The maximum atomic E-state index is 12.9. The lowest BCUT2D eigenvalue weighted by Gasteiger charge is -2.18. The molecule has 0 aromatic heterocycles. The first kappa shape index (κ1) is 17.4. The van der Waals surface area contributed by atoms with Crippen molar-refractivity contribution >= 4 is 17.5 Å². The lowest BCUT2D eigenvalue weighted by atomic mass is 10.1. The quantitative estimate of drug-likeness (QED) is 0.835. The molecule has 3 nitrogen and oxygen atoms in total. The molecule has 0 aliphatic rings. The van der Waals surface area contributed by atoms with Crippen LogP contribution in [0.25, 0.3) is 0 Å². The van der Waals surface area contributed by atoms with Crippen molar-refractivity contribution in [2.75, 3.05) is 13.6 Å². The number of carbonyl (C=O) groups excluding carboxylic acids is 1. The van der Waals surface area contributed by atoms with E-state index < -0.39 is 0 Å². The average molecular weight is 336 g/mol. The molecule has 2 aromatic carbocycles. The third kappa shape index (κ3) is 5.34. The smallest absolute Gasteiger partial charge is 0.275 e. The minimum absolute atomic E-state index is 0.0444. The summed E-state index contributed by atoms with van der Waals surface area (Å²) >= 11 is 6.14. The topological polar surface area (TPSA) is 33.5 Å². The van der Waals surface area contributed by atoms with Gasteiger partial charge >= 0.3 is 0 Å². The molecule has 5 heteroatoms. The Labute approximate surface area is 141 Å². The maximum absolute atomic E-state index is 12.9. The fourth-order valence-electron chi connectivity index (χ4n) is 2.48. The first-order chi connectivity index (χ1) is 11.0. The predicted octanol–water partition coefficient (Wildman–Crippen LogP) is 2.37. The molecule has 0 aliphatic carbocycles. The van der Waals surface area contributed by atoms with Gasteiger partial charge in [0, 0.05) is 10.6 Å². The number of hydrogen-bond donors (Lipinski definition) is 2. The summed E-state index contributed by atoms with van der Waals surface area (Å²) < 4.78 is 12.9. The Morgan fingerprint density at radius 1 is 1.22 bits per heavy atom. The molecule has 0 radical (unpaired) electrons. The number of amides is 1. The SMILES string of the molecule is C[C@@H](NC(=O)C[NH+](C)Cc1ccc(F)cc1)c1ccccc1Cl. The number of quaternary nitrogens is 1. The second-order valence-corrected chi connectivity index (χ2v) is 6.16. The zero-order valence-corrected chi connectivity index (χ0v) is 14.0. The van der Waals surface area contributed by atoms with Crippen LogP contribution in [0.3, 0.4) is 0 Å². The average Bonchev–Trinajstić information content (AvgIpc) is 2.49. The van der Waals surface area contributed by atoms with Crippen molar-refractivity contribution in [3.8, 4) is 0 Å². The fraction of sp³-hybridized carbons (Fsp3) is 0.278. The van der Waals surface area contributed by atoms with E-state index in [1.165, 1.54) is 12.1 Å². The van der Waals surface area contributed by atoms with Crippen LogP contribution in [0, 0.1) is 5.82 Å². The number of carbonyl (C=O) groups is 1. The molecule has 0 saturated carbocycles. The second kappa shape index (κ2) is 8.09.